The molecule has 1 heterocycles. The van der Waals surface area contributed by atoms with Crippen molar-refractivity contribution in [1.29, 1.82) is 0 Å². The number of benzene rings is 1. The summed E-state index contributed by atoms with van der Waals surface area (Å²) in [5.74, 6) is 1.49. The van der Waals surface area contributed by atoms with Crippen LogP contribution in [0.3, 0.4) is 0 Å². The number of amides is 2. The molecule has 1 aromatic carbocycles. The Bertz CT molecular complexity index is 653. The highest BCUT2D eigenvalue weighted by Crippen LogP contribution is 2.22. The fourth-order valence-corrected chi connectivity index (χ4v) is 1.95. The summed E-state index contributed by atoms with van der Waals surface area (Å²) in [5, 5.41) is 6.83. The van der Waals surface area contributed by atoms with Crippen molar-refractivity contribution in [2.45, 2.75) is 20.4 Å². The number of anilines is 1. The van der Waals surface area contributed by atoms with Crippen LogP contribution in [0, 0.1) is 6.92 Å². The van der Waals surface area contributed by atoms with Gasteiger partial charge < -0.3 is 15.0 Å². The monoisotopic (exact) mass is 303 g/mol. The molecule has 0 aliphatic rings. The molecule has 0 saturated carbocycles. The second-order valence-corrected chi connectivity index (χ2v) is 5.00. The van der Waals surface area contributed by atoms with Gasteiger partial charge >= 0.3 is 6.03 Å². The molecule has 0 fully saturated rings. The minimum Gasteiger partial charge on any atom is -0.494 e. The molecule has 0 radical (unpaired) electrons. The van der Waals surface area contributed by atoms with Crippen LogP contribution in [0.25, 0.3) is 0 Å². The maximum Gasteiger partial charge on any atom is 0.321 e. The Morgan fingerprint density at radius 2 is 2.23 bits per heavy atom. The van der Waals surface area contributed by atoms with Crippen LogP contribution < -0.4 is 10.1 Å². The molecule has 0 spiro atoms. The third-order valence-corrected chi connectivity index (χ3v) is 3.27. The zero-order chi connectivity index (χ0) is 16.1. The van der Waals surface area contributed by atoms with E-state index >= 15 is 0 Å². The first kappa shape index (κ1) is 15.8. The largest absolute Gasteiger partial charge is 0.494 e. The summed E-state index contributed by atoms with van der Waals surface area (Å²) in [7, 11) is 3.50. The fourth-order valence-electron chi connectivity index (χ4n) is 1.95. The van der Waals surface area contributed by atoms with Crippen molar-refractivity contribution in [2.24, 2.45) is 7.05 Å². The molecule has 22 heavy (non-hydrogen) atoms. The van der Waals surface area contributed by atoms with E-state index in [1.54, 1.807) is 23.7 Å². The summed E-state index contributed by atoms with van der Waals surface area (Å²) in [4.78, 5) is 17.9. The topological polar surface area (TPSA) is 72.3 Å². The smallest absolute Gasteiger partial charge is 0.321 e. The highest BCUT2D eigenvalue weighted by Gasteiger charge is 2.13. The normalized spacial score (nSPS) is 10.4. The van der Waals surface area contributed by atoms with Gasteiger partial charge in [0.1, 0.15) is 17.9 Å². The summed E-state index contributed by atoms with van der Waals surface area (Å²) in [6.07, 6.45) is 1.47. The zero-order valence-corrected chi connectivity index (χ0v) is 13.3. The van der Waals surface area contributed by atoms with Crippen LogP contribution in [0.4, 0.5) is 10.5 Å². The fraction of sp³-hybridized carbons (Fsp3) is 0.400. The maximum atomic E-state index is 12.2. The number of carbonyl (C=O) groups excluding carboxylic acids is 1. The Hall–Kier alpha value is -2.57. The van der Waals surface area contributed by atoms with Crippen LogP contribution in [0.1, 0.15) is 18.3 Å². The average Bonchev–Trinajstić information content (AvgIpc) is 2.88. The van der Waals surface area contributed by atoms with Gasteiger partial charge in [0, 0.05) is 25.8 Å². The third kappa shape index (κ3) is 3.75. The van der Waals surface area contributed by atoms with Crippen molar-refractivity contribution >= 4 is 11.7 Å². The Morgan fingerprint density at radius 3 is 2.86 bits per heavy atom. The molecule has 1 N–H and O–H groups in total. The molecule has 118 valence electrons. The molecule has 7 nitrogen and oxygen atoms in total. The first-order chi connectivity index (χ1) is 10.5. The van der Waals surface area contributed by atoms with Gasteiger partial charge in [-0.15, -0.1) is 0 Å². The van der Waals surface area contributed by atoms with E-state index < -0.39 is 0 Å². The number of ether oxygens (including phenoxy) is 1. The van der Waals surface area contributed by atoms with E-state index in [0.717, 1.165) is 17.1 Å². The van der Waals surface area contributed by atoms with Gasteiger partial charge in [0.15, 0.2) is 0 Å². The van der Waals surface area contributed by atoms with E-state index in [9.17, 15) is 4.79 Å². The van der Waals surface area contributed by atoms with Gasteiger partial charge in [-0.1, -0.05) is 6.07 Å². The van der Waals surface area contributed by atoms with Crippen LogP contribution in [-0.2, 0) is 13.6 Å². The maximum absolute atomic E-state index is 12.2. The standard InChI is InChI=1S/C15H21N5O2/c1-5-22-13-8-12(7-6-11(13)2)18-15(21)19(3)9-14-16-10-17-20(14)4/h6-8,10H,5,9H2,1-4H3,(H,18,21). The second kappa shape index (κ2) is 6.93. The van der Waals surface area contributed by atoms with Crippen molar-refractivity contribution in [2.75, 3.05) is 19.0 Å². The molecule has 2 rings (SSSR count). The van der Waals surface area contributed by atoms with Gasteiger partial charge in [0.05, 0.1) is 13.2 Å². The van der Waals surface area contributed by atoms with Gasteiger partial charge in [0.25, 0.3) is 0 Å². The molecular formula is C15H21N5O2. The Balaban J connectivity index is 2.02. The molecule has 0 aliphatic carbocycles. The number of hydrogen-bond acceptors (Lipinski definition) is 4. The predicted molar refractivity (Wildman–Crippen MR) is 83.8 cm³/mol. The minimum absolute atomic E-state index is 0.214. The van der Waals surface area contributed by atoms with E-state index in [2.05, 4.69) is 15.4 Å². The van der Waals surface area contributed by atoms with Gasteiger partial charge in [-0.05, 0) is 25.5 Å². The average molecular weight is 303 g/mol. The summed E-state index contributed by atoms with van der Waals surface area (Å²) < 4.78 is 7.18. The lowest BCUT2D eigenvalue weighted by atomic mass is 10.2. The lowest BCUT2D eigenvalue weighted by molar-refractivity contribution is 0.219. The van der Waals surface area contributed by atoms with Crippen LogP contribution in [-0.4, -0.2) is 39.4 Å². The van der Waals surface area contributed by atoms with E-state index in [4.69, 9.17) is 4.74 Å². The number of rotatable bonds is 5. The Morgan fingerprint density at radius 1 is 1.45 bits per heavy atom. The van der Waals surface area contributed by atoms with Crippen LogP contribution in [0.5, 0.6) is 5.75 Å². The van der Waals surface area contributed by atoms with Gasteiger partial charge in [0.2, 0.25) is 0 Å². The van der Waals surface area contributed by atoms with Gasteiger partial charge in [-0.2, -0.15) is 5.10 Å². The summed E-state index contributed by atoms with van der Waals surface area (Å²) in [6.45, 7) is 4.87. The number of carbonyl (C=O) groups is 1. The van der Waals surface area contributed by atoms with Gasteiger partial charge in [-0.3, -0.25) is 4.68 Å². The van der Waals surface area contributed by atoms with E-state index in [0.29, 0.717) is 18.8 Å². The molecule has 2 aromatic rings. The summed E-state index contributed by atoms with van der Waals surface area (Å²) in [5.41, 5.74) is 1.73. The molecule has 2 amide bonds. The summed E-state index contributed by atoms with van der Waals surface area (Å²) >= 11 is 0. The zero-order valence-electron chi connectivity index (χ0n) is 13.3. The van der Waals surface area contributed by atoms with Crippen molar-refractivity contribution in [3.8, 4) is 5.75 Å². The first-order valence-electron chi connectivity index (χ1n) is 7.09. The number of aromatic nitrogens is 3. The molecule has 7 heteroatoms. The molecule has 0 saturated heterocycles. The number of hydrogen-bond donors (Lipinski definition) is 1. The highest BCUT2D eigenvalue weighted by molar-refractivity contribution is 5.89. The van der Waals surface area contributed by atoms with Crippen LogP contribution >= 0.6 is 0 Å². The highest BCUT2D eigenvalue weighted by atomic mass is 16.5. The van der Waals surface area contributed by atoms with E-state index in [-0.39, 0.29) is 6.03 Å². The van der Waals surface area contributed by atoms with Crippen LogP contribution in [0.2, 0.25) is 0 Å². The van der Waals surface area contributed by atoms with Crippen molar-refractivity contribution < 1.29 is 9.53 Å². The van der Waals surface area contributed by atoms with Crippen molar-refractivity contribution in [3.05, 3.63) is 35.9 Å². The first-order valence-corrected chi connectivity index (χ1v) is 7.09. The molecule has 0 aliphatic heterocycles. The molecular weight excluding hydrogens is 282 g/mol. The SMILES string of the molecule is CCOc1cc(NC(=O)N(C)Cc2ncnn2C)ccc1C. The lowest BCUT2D eigenvalue weighted by Crippen LogP contribution is -2.31. The van der Waals surface area contributed by atoms with Crippen molar-refractivity contribution in [3.63, 3.8) is 0 Å². The minimum atomic E-state index is -0.214. The number of nitrogens with one attached hydrogen (secondary N) is 1. The predicted octanol–water partition coefficient (Wildman–Crippen LogP) is 2.19. The Labute approximate surface area is 129 Å². The Kier molecular flexibility index (Phi) is 4.98. The number of nitrogens with zero attached hydrogens (tertiary/aromatic N) is 4. The second-order valence-electron chi connectivity index (χ2n) is 5.00. The molecule has 0 unspecified atom stereocenters. The van der Waals surface area contributed by atoms with Crippen molar-refractivity contribution in [1.82, 2.24) is 19.7 Å². The summed E-state index contributed by atoms with van der Waals surface area (Å²) in [6, 6.07) is 5.39. The van der Waals surface area contributed by atoms with Crippen LogP contribution in [0.15, 0.2) is 24.5 Å². The molecule has 0 bridgehead atoms. The lowest BCUT2D eigenvalue weighted by Gasteiger charge is -2.18. The molecule has 0 atom stereocenters. The number of aryl methyl sites for hydroxylation is 2. The van der Waals surface area contributed by atoms with Gasteiger partial charge in [-0.25, -0.2) is 9.78 Å². The quantitative estimate of drug-likeness (QED) is 0.919. The number of urea groups is 1. The molecule has 1 aromatic heterocycles. The van der Waals surface area contributed by atoms with E-state index in [1.807, 2.05) is 32.0 Å². The third-order valence-electron chi connectivity index (χ3n) is 3.27. The van der Waals surface area contributed by atoms with E-state index in [1.165, 1.54) is 6.33 Å².